The summed E-state index contributed by atoms with van der Waals surface area (Å²) in [6.45, 7) is 4.00. The first-order valence-electron chi connectivity index (χ1n) is 10.2. The summed E-state index contributed by atoms with van der Waals surface area (Å²) in [5, 5.41) is 6.38. The summed E-state index contributed by atoms with van der Waals surface area (Å²) < 4.78 is 5.14. The van der Waals surface area contributed by atoms with E-state index in [0.29, 0.717) is 25.3 Å². The van der Waals surface area contributed by atoms with E-state index in [1.165, 1.54) is 0 Å². The lowest BCUT2D eigenvalue weighted by Gasteiger charge is -2.27. The van der Waals surface area contributed by atoms with Crippen molar-refractivity contribution in [3.63, 3.8) is 0 Å². The van der Waals surface area contributed by atoms with E-state index in [1.807, 2.05) is 53.4 Å². The topological polar surface area (TPSA) is 70.7 Å². The Bertz CT molecular complexity index is 836. The van der Waals surface area contributed by atoms with Crippen LogP contribution in [0, 0.1) is 0 Å². The van der Waals surface area contributed by atoms with Crippen molar-refractivity contribution >= 4 is 17.5 Å². The SMILES string of the molecule is CCCCNC(=O)c1ccc(NC2c3ccccc3C(=O)N2CCCOC)cc1. The van der Waals surface area contributed by atoms with Crippen LogP contribution in [0.15, 0.2) is 48.5 Å². The third-order valence-electron chi connectivity index (χ3n) is 5.07. The highest BCUT2D eigenvalue weighted by atomic mass is 16.5. The standard InChI is InChI=1S/C23H29N3O3/c1-3-4-14-24-22(27)17-10-12-18(13-11-17)25-21-19-8-5-6-9-20(19)23(28)26(21)15-7-16-29-2/h5-6,8-13,21,25H,3-4,7,14-16H2,1-2H3,(H,24,27). The molecule has 1 unspecified atom stereocenters. The number of amides is 2. The number of anilines is 1. The van der Waals surface area contributed by atoms with Gasteiger partial charge in [-0.25, -0.2) is 0 Å². The fourth-order valence-corrected chi connectivity index (χ4v) is 3.49. The number of hydrogen-bond donors (Lipinski definition) is 2. The van der Waals surface area contributed by atoms with Gasteiger partial charge in [-0.3, -0.25) is 9.59 Å². The third kappa shape index (κ3) is 4.95. The average Bonchev–Trinajstić information content (AvgIpc) is 3.01. The van der Waals surface area contributed by atoms with Gasteiger partial charge in [-0.05, 0) is 43.2 Å². The van der Waals surface area contributed by atoms with Crippen LogP contribution < -0.4 is 10.6 Å². The van der Waals surface area contributed by atoms with E-state index in [4.69, 9.17) is 4.74 Å². The van der Waals surface area contributed by atoms with Crippen LogP contribution >= 0.6 is 0 Å². The summed E-state index contributed by atoms with van der Waals surface area (Å²) >= 11 is 0. The molecule has 1 atom stereocenters. The minimum atomic E-state index is -0.236. The molecule has 1 heterocycles. The van der Waals surface area contributed by atoms with Crippen LogP contribution in [0.25, 0.3) is 0 Å². The fourth-order valence-electron chi connectivity index (χ4n) is 3.49. The highest BCUT2D eigenvalue weighted by Crippen LogP contribution is 2.34. The second-order valence-corrected chi connectivity index (χ2v) is 7.17. The summed E-state index contributed by atoms with van der Waals surface area (Å²) in [4.78, 5) is 26.9. The van der Waals surface area contributed by atoms with Crippen LogP contribution in [0.3, 0.4) is 0 Å². The number of rotatable bonds is 10. The number of nitrogens with zero attached hydrogens (tertiary/aromatic N) is 1. The first-order chi connectivity index (χ1) is 14.2. The molecule has 0 radical (unpaired) electrons. The Kier molecular flexibility index (Phi) is 7.25. The van der Waals surface area contributed by atoms with Crippen LogP contribution in [0.5, 0.6) is 0 Å². The zero-order chi connectivity index (χ0) is 20.6. The van der Waals surface area contributed by atoms with E-state index >= 15 is 0 Å². The molecule has 1 aliphatic heterocycles. The summed E-state index contributed by atoms with van der Waals surface area (Å²) in [7, 11) is 1.66. The van der Waals surface area contributed by atoms with Crippen LogP contribution in [-0.2, 0) is 4.74 Å². The molecule has 29 heavy (non-hydrogen) atoms. The molecule has 3 rings (SSSR count). The number of benzene rings is 2. The first-order valence-corrected chi connectivity index (χ1v) is 10.2. The zero-order valence-corrected chi connectivity index (χ0v) is 17.1. The van der Waals surface area contributed by atoms with Crippen molar-refractivity contribution in [2.75, 3.05) is 32.1 Å². The molecule has 0 aromatic heterocycles. The number of unbranched alkanes of at least 4 members (excludes halogenated alkanes) is 1. The molecule has 0 fully saturated rings. The number of carbonyl (C=O) groups excluding carboxylic acids is 2. The Morgan fingerprint density at radius 3 is 2.59 bits per heavy atom. The highest BCUT2D eigenvalue weighted by Gasteiger charge is 2.35. The molecule has 6 heteroatoms. The van der Waals surface area contributed by atoms with Crippen LogP contribution in [0.2, 0.25) is 0 Å². The minimum absolute atomic E-state index is 0.0288. The van der Waals surface area contributed by atoms with E-state index < -0.39 is 0 Å². The normalized spacial score (nSPS) is 15.3. The highest BCUT2D eigenvalue weighted by molar-refractivity contribution is 5.99. The summed E-state index contributed by atoms with van der Waals surface area (Å²) in [5.41, 5.74) is 3.19. The van der Waals surface area contributed by atoms with Gasteiger partial charge in [-0.2, -0.15) is 0 Å². The van der Waals surface area contributed by atoms with Gasteiger partial charge in [0.25, 0.3) is 11.8 Å². The van der Waals surface area contributed by atoms with Crippen molar-refractivity contribution in [2.24, 2.45) is 0 Å². The molecule has 0 saturated heterocycles. The molecule has 2 aromatic carbocycles. The Morgan fingerprint density at radius 2 is 1.86 bits per heavy atom. The van der Waals surface area contributed by atoms with E-state index in [-0.39, 0.29) is 18.0 Å². The van der Waals surface area contributed by atoms with E-state index in [2.05, 4.69) is 17.6 Å². The second-order valence-electron chi connectivity index (χ2n) is 7.17. The van der Waals surface area contributed by atoms with E-state index in [9.17, 15) is 9.59 Å². The second kappa shape index (κ2) is 10.1. The molecular formula is C23H29N3O3. The van der Waals surface area contributed by atoms with Crippen molar-refractivity contribution < 1.29 is 14.3 Å². The molecule has 2 amide bonds. The number of fused-ring (bicyclic) bond motifs is 1. The molecule has 2 aromatic rings. The van der Waals surface area contributed by atoms with Crippen molar-refractivity contribution in [3.8, 4) is 0 Å². The van der Waals surface area contributed by atoms with Gasteiger partial charge < -0.3 is 20.3 Å². The van der Waals surface area contributed by atoms with Crippen LogP contribution in [-0.4, -0.2) is 43.5 Å². The Hall–Kier alpha value is -2.86. The predicted octanol–water partition coefficient (Wildman–Crippen LogP) is 3.82. The zero-order valence-electron chi connectivity index (χ0n) is 17.1. The number of ether oxygens (including phenoxy) is 1. The van der Waals surface area contributed by atoms with Gasteiger partial charge in [0.2, 0.25) is 0 Å². The smallest absolute Gasteiger partial charge is 0.256 e. The average molecular weight is 396 g/mol. The molecule has 0 spiro atoms. The molecule has 0 aliphatic carbocycles. The lowest BCUT2D eigenvalue weighted by molar-refractivity contribution is 0.0721. The van der Waals surface area contributed by atoms with Crippen molar-refractivity contribution in [1.82, 2.24) is 10.2 Å². The molecule has 0 saturated carbocycles. The largest absolute Gasteiger partial charge is 0.385 e. The van der Waals surface area contributed by atoms with Crippen molar-refractivity contribution in [2.45, 2.75) is 32.4 Å². The summed E-state index contributed by atoms with van der Waals surface area (Å²) in [6.07, 6.45) is 2.55. The Morgan fingerprint density at radius 1 is 1.10 bits per heavy atom. The fraction of sp³-hybridized carbons (Fsp3) is 0.391. The van der Waals surface area contributed by atoms with Gasteiger partial charge in [0.05, 0.1) is 0 Å². The maximum atomic E-state index is 12.9. The maximum Gasteiger partial charge on any atom is 0.256 e. The maximum absolute atomic E-state index is 12.9. The predicted molar refractivity (Wildman–Crippen MR) is 114 cm³/mol. The number of nitrogens with one attached hydrogen (secondary N) is 2. The van der Waals surface area contributed by atoms with Gasteiger partial charge in [-0.15, -0.1) is 0 Å². The van der Waals surface area contributed by atoms with E-state index in [1.54, 1.807) is 7.11 Å². The molecular weight excluding hydrogens is 366 g/mol. The van der Waals surface area contributed by atoms with Gasteiger partial charge in [0.1, 0.15) is 6.17 Å². The van der Waals surface area contributed by atoms with Crippen LogP contribution in [0.1, 0.15) is 58.6 Å². The Labute approximate surface area is 172 Å². The summed E-state index contributed by atoms with van der Waals surface area (Å²) in [5.74, 6) is -0.0336. The van der Waals surface area contributed by atoms with E-state index in [0.717, 1.165) is 36.1 Å². The molecule has 2 N–H and O–H groups in total. The molecule has 0 bridgehead atoms. The lowest BCUT2D eigenvalue weighted by Crippen LogP contribution is -2.33. The molecule has 6 nitrogen and oxygen atoms in total. The Balaban J connectivity index is 1.72. The quantitative estimate of drug-likeness (QED) is 0.600. The lowest BCUT2D eigenvalue weighted by atomic mass is 10.1. The van der Waals surface area contributed by atoms with Crippen molar-refractivity contribution in [3.05, 3.63) is 65.2 Å². The number of methoxy groups -OCH3 is 1. The number of carbonyl (C=O) groups is 2. The molecule has 154 valence electrons. The molecule has 1 aliphatic rings. The van der Waals surface area contributed by atoms with Gasteiger partial charge in [0.15, 0.2) is 0 Å². The monoisotopic (exact) mass is 395 g/mol. The van der Waals surface area contributed by atoms with Gasteiger partial charge >= 0.3 is 0 Å². The third-order valence-corrected chi connectivity index (χ3v) is 5.07. The minimum Gasteiger partial charge on any atom is -0.385 e. The first kappa shape index (κ1) is 20.9. The van der Waals surface area contributed by atoms with Gasteiger partial charge in [-0.1, -0.05) is 31.5 Å². The van der Waals surface area contributed by atoms with Gasteiger partial charge in [0, 0.05) is 49.2 Å². The number of hydrogen-bond acceptors (Lipinski definition) is 4. The summed E-state index contributed by atoms with van der Waals surface area (Å²) in [6, 6.07) is 15.1. The van der Waals surface area contributed by atoms with Crippen LogP contribution in [0.4, 0.5) is 5.69 Å². The van der Waals surface area contributed by atoms with Crippen molar-refractivity contribution in [1.29, 1.82) is 0 Å².